The Labute approximate surface area is 137 Å². The highest BCUT2D eigenvalue weighted by molar-refractivity contribution is 4.70. The predicted octanol–water partition coefficient (Wildman–Crippen LogP) is 0.277. The third-order valence-corrected chi connectivity index (χ3v) is 5.16. The van der Waals surface area contributed by atoms with Crippen molar-refractivity contribution in [3.63, 3.8) is 0 Å². The van der Waals surface area contributed by atoms with E-state index in [-0.39, 0.29) is 24.0 Å². The zero-order valence-corrected chi connectivity index (χ0v) is 15.0. The average Bonchev–Trinajstić information content (AvgIpc) is 2.44. The highest BCUT2D eigenvalue weighted by Gasteiger charge is 2.37. The second-order valence-electron chi connectivity index (χ2n) is 6.55. The number of rotatable bonds is 9. The lowest BCUT2D eigenvalue weighted by molar-refractivity contribution is -0.941. The molecule has 0 aromatic carbocycles. The van der Waals surface area contributed by atoms with Gasteiger partial charge in [-0.25, -0.2) is 0 Å². The molecule has 0 unspecified atom stereocenters. The van der Waals surface area contributed by atoms with Crippen molar-refractivity contribution in [3.8, 4) is 0 Å². The molecule has 2 bridgehead atoms. The van der Waals surface area contributed by atoms with Gasteiger partial charge in [-0.05, 0) is 12.8 Å². The number of nitrogens with zero attached hydrogens (tertiary/aromatic N) is 2. The van der Waals surface area contributed by atoms with Crippen LogP contribution in [0.25, 0.3) is 0 Å². The molecule has 3 heterocycles. The number of halogens is 1. The molecule has 0 aliphatic carbocycles. The number of fused-ring (bicyclic) bond motifs is 3. The zero-order valence-electron chi connectivity index (χ0n) is 12.9. The van der Waals surface area contributed by atoms with Crippen molar-refractivity contribution in [2.75, 3.05) is 45.8 Å². The number of quaternary nitrogens is 1. The molecule has 0 aromatic heterocycles. The van der Waals surface area contributed by atoms with Crippen molar-refractivity contribution in [1.29, 1.82) is 0 Å². The summed E-state index contributed by atoms with van der Waals surface area (Å²) in [5, 5.41) is 0. The number of piperazine rings is 3. The second kappa shape index (κ2) is 9.56. The number of unbranched alkanes of at least 4 members (excludes halogenated alkanes) is 7. The monoisotopic (exact) mass is 380 g/mol. The molecule has 3 heteroatoms. The summed E-state index contributed by atoms with van der Waals surface area (Å²) < 4.78 is 1.46. The lowest BCUT2D eigenvalue weighted by Crippen LogP contribution is -3.00. The highest BCUT2D eigenvalue weighted by Crippen LogP contribution is 2.21. The Morgan fingerprint density at radius 3 is 1.74 bits per heavy atom. The van der Waals surface area contributed by atoms with Gasteiger partial charge in [0.25, 0.3) is 0 Å². The topological polar surface area (TPSA) is 3.24 Å². The van der Waals surface area contributed by atoms with Gasteiger partial charge >= 0.3 is 0 Å². The predicted molar refractivity (Wildman–Crippen MR) is 78.8 cm³/mol. The molecule has 114 valence electrons. The summed E-state index contributed by atoms with van der Waals surface area (Å²) in [4.78, 5) is 2.65. The molecule has 0 N–H and O–H groups in total. The molecule has 0 aromatic rings. The maximum Gasteiger partial charge on any atom is 0.0916 e. The van der Waals surface area contributed by atoms with Crippen LogP contribution in [0.1, 0.15) is 58.3 Å². The molecule has 3 aliphatic rings. The fourth-order valence-electron chi connectivity index (χ4n) is 3.65. The number of hydrogen-bond acceptors (Lipinski definition) is 1. The van der Waals surface area contributed by atoms with Gasteiger partial charge in [-0.15, -0.1) is 0 Å². The molecule has 0 spiro atoms. The molecule has 3 fully saturated rings. The maximum absolute atomic E-state index is 2.65. The third kappa shape index (κ3) is 5.88. The Hall–Kier alpha value is 0.650. The van der Waals surface area contributed by atoms with E-state index in [1.807, 2.05) is 0 Å². The number of hydrogen-bond donors (Lipinski definition) is 0. The van der Waals surface area contributed by atoms with Gasteiger partial charge < -0.3 is 28.5 Å². The molecule has 2 nitrogen and oxygen atoms in total. The smallest absolute Gasteiger partial charge is 0.0916 e. The van der Waals surface area contributed by atoms with Crippen LogP contribution in [0.2, 0.25) is 0 Å². The van der Waals surface area contributed by atoms with E-state index in [2.05, 4.69) is 11.8 Å². The summed E-state index contributed by atoms with van der Waals surface area (Å²) in [7, 11) is 0. The van der Waals surface area contributed by atoms with E-state index in [9.17, 15) is 0 Å². The molecule has 0 saturated carbocycles. The van der Waals surface area contributed by atoms with Gasteiger partial charge in [-0.1, -0.05) is 45.4 Å². The van der Waals surface area contributed by atoms with Crippen molar-refractivity contribution in [1.82, 2.24) is 4.90 Å². The largest absolute Gasteiger partial charge is 1.00 e. The van der Waals surface area contributed by atoms with Crippen LogP contribution >= 0.6 is 0 Å². The molecule has 3 aliphatic heterocycles. The summed E-state index contributed by atoms with van der Waals surface area (Å²) in [5.74, 6) is 0. The molecule has 0 amide bonds. The quantitative estimate of drug-likeness (QED) is 0.316. The molecule has 19 heavy (non-hydrogen) atoms. The molecular weight excluding hydrogens is 347 g/mol. The third-order valence-electron chi connectivity index (χ3n) is 5.16. The van der Waals surface area contributed by atoms with Crippen molar-refractivity contribution >= 4 is 0 Å². The van der Waals surface area contributed by atoms with Crippen LogP contribution in [0.4, 0.5) is 0 Å². The van der Waals surface area contributed by atoms with E-state index in [0.717, 1.165) is 0 Å². The minimum atomic E-state index is 0. The highest BCUT2D eigenvalue weighted by atomic mass is 127. The molecular formula is C16H33IN2. The van der Waals surface area contributed by atoms with E-state index < -0.39 is 0 Å². The Bertz CT molecular complexity index is 211. The Morgan fingerprint density at radius 1 is 0.737 bits per heavy atom. The SMILES string of the molecule is CCCCCCCCCC[N+]12CCN(CC1)CC2.[I-]. The van der Waals surface area contributed by atoms with E-state index in [1.54, 1.807) is 0 Å². The summed E-state index contributed by atoms with van der Waals surface area (Å²) >= 11 is 0. The Kier molecular flexibility index (Phi) is 8.91. The molecule has 0 atom stereocenters. The van der Waals surface area contributed by atoms with Gasteiger partial charge in [0, 0.05) is 19.6 Å². The summed E-state index contributed by atoms with van der Waals surface area (Å²) in [6.45, 7) is 12.2. The zero-order chi connectivity index (χ0) is 12.7. The van der Waals surface area contributed by atoms with Crippen molar-refractivity contribution in [2.24, 2.45) is 0 Å². The first kappa shape index (κ1) is 17.7. The summed E-state index contributed by atoms with van der Waals surface area (Å²) in [6.07, 6.45) is 11.7. The van der Waals surface area contributed by atoms with Crippen molar-refractivity contribution in [3.05, 3.63) is 0 Å². The van der Waals surface area contributed by atoms with Crippen LogP contribution in [-0.2, 0) is 0 Å². The Balaban J connectivity index is 0.00000180. The first-order chi connectivity index (χ1) is 8.85. The van der Waals surface area contributed by atoms with E-state index >= 15 is 0 Å². The summed E-state index contributed by atoms with van der Waals surface area (Å²) in [6, 6.07) is 0. The maximum atomic E-state index is 2.65. The standard InChI is InChI=1S/C16H33N2.HI/c1-2-3-4-5-6-7-8-9-13-18-14-10-17(11-15-18)12-16-18;/h2-16H2,1H3;1H/q+1;/p-1. The molecule has 3 rings (SSSR count). The van der Waals surface area contributed by atoms with Gasteiger partial charge in [0.15, 0.2) is 0 Å². The van der Waals surface area contributed by atoms with Gasteiger partial charge in [-0.3, -0.25) is 4.90 Å². The average molecular weight is 380 g/mol. The van der Waals surface area contributed by atoms with E-state index in [1.165, 1.54) is 102 Å². The first-order valence-electron chi connectivity index (χ1n) is 8.42. The summed E-state index contributed by atoms with van der Waals surface area (Å²) in [5.41, 5.74) is 0. The van der Waals surface area contributed by atoms with Crippen LogP contribution < -0.4 is 24.0 Å². The van der Waals surface area contributed by atoms with Crippen LogP contribution in [0.3, 0.4) is 0 Å². The van der Waals surface area contributed by atoms with E-state index in [0.29, 0.717) is 0 Å². The van der Waals surface area contributed by atoms with Gasteiger partial charge in [0.1, 0.15) is 0 Å². The minimum absolute atomic E-state index is 0. The normalized spacial score (nSPS) is 29.2. The minimum Gasteiger partial charge on any atom is -1.00 e. The first-order valence-corrected chi connectivity index (χ1v) is 8.42. The molecule has 3 saturated heterocycles. The lowest BCUT2D eigenvalue weighted by Gasteiger charge is -2.50. The van der Waals surface area contributed by atoms with Crippen molar-refractivity contribution < 1.29 is 28.5 Å². The van der Waals surface area contributed by atoms with Crippen LogP contribution in [0.15, 0.2) is 0 Å². The van der Waals surface area contributed by atoms with E-state index in [4.69, 9.17) is 0 Å². The fraction of sp³-hybridized carbons (Fsp3) is 1.00. The Morgan fingerprint density at radius 2 is 1.21 bits per heavy atom. The second-order valence-corrected chi connectivity index (χ2v) is 6.55. The van der Waals surface area contributed by atoms with Crippen LogP contribution in [0, 0.1) is 0 Å². The van der Waals surface area contributed by atoms with Crippen LogP contribution in [0.5, 0.6) is 0 Å². The fourth-order valence-corrected chi connectivity index (χ4v) is 3.65. The van der Waals surface area contributed by atoms with Gasteiger partial charge in [-0.2, -0.15) is 0 Å². The van der Waals surface area contributed by atoms with Crippen LogP contribution in [-0.4, -0.2) is 55.2 Å². The lowest BCUT2D eigenvalue weighted by atomic mass is 10.1. The van der Waals surface area contributed by atoms with Crippen molar-refractivity contribution in [2.45, 2.75) is 58.3 Å². The van der Waals surface area contributed by atoms with Gasteiger partial charge in [0.2, 0.25) is 0 Å². The van der Waals surface area contributed by atoms with Gasteiger partial charge in [0.05, 0.1) is 26.2 Å². The molecule has 0 radical (unpaired) electrons.